The fraction of sp³-hybridized carbons (Fsp3) is 0.316. The van der Waals surface area contributed by atoms with E-state index in [0.29, 0.717) is 18.3 Å². The van der Waals surface area contributed by atoms with Gasteiger partial charge in [-0.15, -0.1) is 0 Å². The van der Waals surface area contributed by atoms with Gasteiger partial charge in [-0.05, 0) is 69.4 Å². The molecule has 2 aromatic carbocycles. The van der Waals surface area contributed by atoms with Gasteiger partial charge in [0.25, 0.3) is 0 Å². The van der Waals surface area contributed by atoms with E-state index in [1.807, 2.05) is 62.4 Å². The van der Waals surface area contributed by atoms with Crippen molar-refractivity contribution in [3.63, 3.8) is 0 Å². The van der Waals surface area contributed by atoms with E-state index in [1.165, 1.54) is 5.56 Å². The van der Waals surface area contributed by atoms with Gasteiger partial charge >= 0.3 is 0 Å². The zero-order valence-electron chi connectivity index (χ0n) is 14.3. The van der Waals surface area contributed by atoms with E-state index in [4.69, 9.17) is 21.7 Å². The molecule has 0 aliphatic rings. The Kier molecular flexibility index (Phi) is 6.88. The van der Waals surface area contributed by atoms with Crippen LogP contribution in [0.1, 0.15) is 19.4 Å². The van der Waals surface area contributed by atoms with Crippen molar-refractivity contribution >= 4 is 23.0 Å². The third kappa shape index (κ3) is 6.08. The summed E-state index contributed by atoms with van der Waals surface area (Å²) in [6.45, 7) is 7.24. The molecule has 0 aliphatic heterocycles. The van der Waals surface area contributed by atoms with Crippen molar-refractivity contribution in [2.24, 2.45) is 0 Å². The van der Waals surface area contributed by atoms with E-state index < -0.39 is 0 Å². The molecule has 0 aliphatic carbocycles. The molecule has 0 heterocycles. The number of aryl methyl sites for hydroxylation is 1. The van der Waals surface area contributed by atoms with Gasteiger partial charge in [0.2, 0.25) is 0 Å². The molecule has 0 unspecified atom stereocenters. The predicted molar refractivity (Wildman–Crippen MR) is 103 cm³/mol. The first-order chi connectivity index (χ1) is 11.6. The summed E-state index contributed by atoms with van der Waals surface area (Å²) >= 11 is 5.34. The van der Waals surface area contributed by atoms with Crippen LogP contribution in [-0.4, -0.2) is 24.4 Å². The van der Waals surface area contributed by atoms with Gasteiger partial charge in [0.05, 0.1) is 12.6 Å². The van der Waals surface area contributed by atoms with Crippen molar-refractivity contribution in [3.05, 3.63) is 54.1 Å². The van der Waals surface area contributed by atoms with Crippen LogP contribution in [0.15, 0.2) is 48.5 Å². The molecule has 0 aromatic heterocycles. The van der Waals surface area contributed by atoms with Crippen LogP contribution in [0.5, 0.6) is 11.5 Å². The number of nitrogens with one attached hydrogen (secondary N) is 2. The predicted octanol–water partition coefficient (Wildman–Crippen LogP) is 4.15. The highest BCUT2D eigenvalue weighted by atomic mass is 32.1. The van der Waals surface area contributed by atoms with Gasteiger partial charge in [-0.25, -0.2) is 0 Å². The van der Waals surface area contributed by atoms with E-state index >= 15 is 0 Å². The molecule has 2 N–H and O–H groups in total. The zero-order chi connectivity index (χ0) is 17.4. The Bertz CT molecular complexity index is 641. The molecule has 0 bridgehead atoms. The second kappa shape index (κ2) is 9.13. The number of ether oxygens (including phenoxy) is 2. The topological polar surface area (TPSA) is 42.5 Å². The Balaban J connectivity index is 1.75. The summed E-state index contributed by atoms with van der Waals surface area (Å²) in [7, 11) is 0. The van der Waals surface area contributed by atoms with E-state index in [9.17, 15) is 0 Å². The number of anilines is 1. The van der Waals surface area contributed by atoms with E-state index in [1.54, 1.807) is 0 Å². The summed E-state index contributed by atoms with van der Waals surface area (Å²) in [6, 6.07) is 15.8. The molecule has 2 rings (SSSR count). The number of benzene rings is 2. The molecular formula is C19H24N2O2S. The molecule has 0 radical (unpaired) electrons. The highest BCUT2D eigenvalue weighted by molar-refractivity contribution is 7.80. The van der Waals surface area contributed by atoms with E-state index in [2.05, 4.69) is 17.6 Å². The number of hydrogen-bond donors (Lipinski definition) is 2. The van der Waals surface area contributed by atoms with Crippen LogP contribution in [0.25, 0.3) is 0 Å². The van der Waals surface area contributed by atoms with Gasteiger partial charge in [0.15, 0.2) is 5.11 Å². The fourth-order valence-electron chi connectivity index (χ4n) is 2.09. The van der Waals surface area contributed by atoms with Crippen molar-refractivity contribution in [2.45, 2.75) is 26.8 Å². The maximum atomic E-state index is 5.75. The average molecular weight is 344 g/mol. The Labute approximate surface area is 149 Å². The molecule has 0 amide bonds. The van der Waals surface area contributed by atoms with Gasteiger partial charge in [-0.3, -0.25) is 0 Å². The van der Waals surface area contributed by atoms with Crippen molar-refractivity contribution in [1.29, 1.82) is 0 Å². The van der Waals surface area contributed by atoms with Crippen LogP contribution in [-0.2, 0) is 0 Å². The summed E-state index contributed by atoms with van der Waals surface area (Å²) in [6.07, 6.45) is 0. The van der Waals surface area contributed by atoms with Crippen LogP contribution >= 0.6 is 12.2 Å². The molecule has 0 saturated carbocycles. The first-order valence-corrected chi connectivity index (χ1v) is 8.47. The molecule has 128 valence electrons. The molecule has 1 atom stereocenters. The molecule has 0 spiro atoms. The number of hydrogen-bond acceptors (Lipinski definition) is 3. The Morgan fingerprint density at radius 2 is 1.58 bits per heavy atom. The summed E-state index contributed by atoms with van der Waals surface area (Å²) in [5, 5.41) is 6.94. The highest BCUT2D eigenvalue weighted by Crippen LogP contribution is 2.15. The molecule has 2 aromatic rings. The van der Waals surface area contributed by atoms with Crippen molar-refractivity contribution in [2.75, 3.05) is 18.5 Å². The summed E-state index contributed by atoms with van der Waals surface area (Å²) in [5.74, 6) is 1.71. The minimum Gasteiger partial charge on any atom is -0.494 e. The second-order valence-electron chi connectivity index (χ2n) is 5.58. The molecule has 5 heteroatoms. The third-order valence-corrected chi connectivity index (χ3v) is 3.54. The third-order valence-electron chi connectivity index (χ3n) is 3.32. The lowest BCUT2D eigenvalue weighted by Crippen LogP contribution is -2.39. The normalized spacial score (nSPS) is 11.5. The Hall–Kier alpha value is -2.27. The summed E-state index contributed by atoms with van der Waals surface area (Å²) < 4.78 is 11.2. The molecule has 0 saturated heterocycles. The quantitative estimate of drug-likeness (QED) is 0.739. The standard InChI is InChI=1S/C19H24N2O2S/c1-4-22-17-11-7-16(8-12-17)21-19(24)20-15(3)13-23-18-9-5-14(2)6-10-18/h5-12,15H,4,13H2,1-3H3,(H2,20,21,24)/t15-/m0/s1. The largest absolute Gasteiger partial charge is 0.494 e. The van der Waals surface area contributed by atoms with Crippen LogP contribution in [0.2, 0.25) is 0 Å². The van der Waals surface area contributed by atoms with Gasteiger partial charge in [-0.2, -0.15) is 0 Å². The number of thiocarbonyl (C=S) groups is 1. The minimum absolute atomic E-state index is 0.0917. The van der Waals surface area contributed by atoms with Gasteiger partial charge in [-0.1, -0.05) is 17.7 Å². The minimum atomic E-state index is 0.0917. The van der Waals surface area contributed by atoms with E-state index in [0.717, 1.165) is 17.2 Å². The zero-order valence-corrected chi connectivity index (χ0v) is 15.2. The maximum absolute atomic E-state index is 5.75. The number of rotatable bonds is 7. The van der Waals surface area contributed by atoms with Crippen LogP contribution in [0.3, 0.4) is 0 Å². The first kappa shape index (κ1) is 18.1. The first-order valence-electron chi connectivity index (χ1n) is 8.06. The van der Waals surface area contributed by atoms with Gasteiger partial charge in [0, 0.05) is 5.69 Å². The Morgan fingerprint density at radius 3 is 2.21 bits per heavy atom. The van der Waals surface area contributed by atoms with Crippen molar-refractivity contribution in [3.8, 4) is 11.5 Å². The maximum Gasteiger partial charge on any atom is 0.171 e. The van der Waals surface area contributed by atoms with Gasteiger partial charge < -0.3 is 20.1 Å². The summed E-state index contributed by atoms with van der Waals surface area (Å²) in [5.41, 5.74) is 2.14. The molecule has 24 heavy (non-hydrogen) atoms. The second-order valence-corrected chi connectivity index (χ2v) is 5.99. The molecular weight excluding hydrogens is 320 g/mol. The van der Waals surface area contributed by atoms with E-state index in [-0.39, 0.29) is 6.04 Å². The van der Waals surface area contributed by atoms with Gasteiger partial charge in [0.1, 0.15) is 18.1 Å². The fourth-order valence-corrected chi connectivity index (χ4v) is 2.41. The average Bonchev–Trinajstić information content (AvgIpc) is 2.56. The van der Waals surface area contributed by atoms with Crippen molar-refractivity contribution in [1.82, 2.24) is 5.32 Å². The lowest BCUT2D eigenvalue weighted by Gasteiger charge is -2.18. The monoisotopic (exact) mass is 344 g/mol. The van der Waals surface area contributed by atoms with Crippen LogP contribution < -0.4 is 20.1 Å². The lowest BCUT2D eigenvalue weighted by molar-refractivity contribution is 0.287. The van der Waals surface area contributed by atoms with Crippen LogP contribution in [0, 0.1) is 6.92 Å². The SMILES string of the molecule is CCOc1ccc(NC(=S)N[C@@H](C)COc2ccc(C)cc2)cc1. The van der Waals surface area contributed by atoms with Crippen LogP contribution in [0.4, 0.5) is 5.69 Å². The highest BCUT2D eigenvalue weighted by Gasteiger charge is 2.06. The lowest BCUT2D eigenvalue weighted by atomic mass is 10.2. The Morgan fingerprint density at radius 1 is 1.00 bits per heavy atom. The smallest absolute Gasteiger partial charge is 0.171 e. The molecule has 4 nitrogen and oxygen atoms in total. The van der Waals surface area contributed by atoms with Crippen molar-refractivity contribution < 1.29 is 9.47 Å². The molecule has 0 fully saturated rings. The summed E-state index contributed by atoms with van der Waals surface area (Å²) in [4.78, 5) is 0.